The number of aromatic nitrogens is 2. The Bertz CT molecular complexity index is 635. The van der Waals surface area contributed by atoms with Crippen molar-refractivity contribution in [3.63, 3.8) is 0 Å². The lowest BCUT2D eigenvalue weighted by atomic mass is 10.3. The Balaban J connectivity index is 2.05. The highest BCUT2D eigenvalue weighted by molar-refractivity contribution is 8.13. The van der Waals surface area contributed by atoms with E-state index >= 15 is 0 Å². The van der Waals surface area contributed by atoms with Crippen LogP contribution in [0, 0.1) is 0 Å². The lowest BCUT2D eigenvalue weighted by Crippen LogP contribution is -2.03. The molecule has 0 atom stereocenters. The van der Waals surface area contributed by atoms with Gasteiger partial charge in [-0.05, 0) is 24.3 Å². The largest absolute Gasteiger partial charge is 0.486 e. The normalized spacial score (nSPS) is 11.4. The molecule has 2 rings (SSSR count). The van der Waals surface area contributed by atoms with Crippen LogP contribution < -0.4 is 4.74 Å². The zero-order valence-electron chi connectivity index (χ0n) is 9.58. The minimum atomic E-state index is -3.68. The van der Waals surface area contributed by atoms with Gasteiger partial charge in [-0.25, -0.2) is 13.4 Å². The highest BCUT2D eigenvalue weighted by Crippen LogP contribution is 2.19. The summed E-state index contributed by atoms with van der Waals surface area (Å²) in [5.41, 5.74) is 0. The number of ether oxygens (including phenoxy) is 1. The number of aryl methyl sites for hydroxylation is 1. The summed E-state index contributed by atoms with van der Waals surface area (Å²) in [5.74, 6) is 1.34. The number of imidazole rings is 1. The fourth-order valence-electron chi connectivity index (χ4n) is 1.38. The van der Waals surface area contributed by atoms with E-state index in [2.05, 4.69) is 4.98 Å². The van der Waals surface area contributed by atoms with Gasteiger partial charge < -0.3 is 9.30 Å². The molecule has 0 aliphatic carbocycles. The van der Waals surface area contributed by atoms with E-state index in [1.54, 1.807) is 18.3 Å². The third-order valence-corrected chi connectivity index (χ3v) is 3.76. The predicted molar refractivity (Wildman–Crippen MR) is 67.0 cm³/mol. The van der Waals surface area contributed by atoms with Gasteiger partial charge >= 0.3 is 0 Å². The fourth-order valence-corrected chi connectivity index (χ4v) is 2.15. The number of hydrogen-bond donors (Lipinski definition) is 0. The van der Waals surface area contributed by atoms with Gasteiger partial charge in [0, 0.05) is 30.1 Å². The van der Waals surface area contributed by atoms with Gasteiger partial charge in [-0.2, -0.15) is 0 Å². The lowest BCUT2D eigenvalue weighted by Gasteiger charge is -2.06. The Morgan fingerprint density at radius 1 is 1.33 bits per heavy atom. The van der Waals surface area contributed by atoms with E-state index in [0.29, 0.717) is 12.4 Å². The molecule has 0 saturated carbocycles. The molecule has 0 fully saturated rings. The zero-order chi connectivity index (χ0) is 13.2. The third-order valence-electron chi connectivity index (χ3n) is 2.39. The first kappa shape index (κ1) is 12.9. The predicted octanol–water partition coefficient (Wildman–Crippen LogP) is 1.93. The Morgan fingerprint density at radius 2 is 2.00 bits per heavy atom. The smallest absolute Gasteiger partial charge is 0.261 e. The summed E-state index contributed by atoms with van der Waals surface area (Å²) in [4.78, 5) is 4.16. The summed E-state index contributed by atoms with van der Waals surface area (Å²) in [6.45, 7) is 0.316. The van der Waals surface area contributed by atoms with E-state index in [0.717, 1.165) is 5.82 Å². The van der Waals surface area contributed by atoms with Gasteiger partial charge in [-0.15, -0.1) is 0 Å². The van der Waals surface area contributed by atoms with E-state index in [1.165, 1.54) is 12.1 Å². The monoisotopic (exact) mass is 286 g/mol. The van der Waals surface area contributed by atoms with Crippen molar-refractivity contribution in [2.75, 3.05) is 0 Å². The first-order chi connectivity index (χ1) is 8.47. The van der Waals surface area contributed by atoms with Crippen LogP contribution in [-0.2, 0) is 22.7 Å². The second-order valence-corrected chi connectivity index (χ2v) is 6.22. The second-order valence-electron chi connectivity index (χ2n) is 3.65. The molecule has 0 spiro atoms. The Labute approximate surface area is 109 Å². The van der Waals surface area contributed by atoms with Gasteiger partial charge in [-0.3, -0.25) is 0 Å². The molecule has 18 heavy (non-hydrogen) atoms. The van der Waals surface area contributed by atoms with Crippen molar-refractivity contribution in [2.45, 2.75) is 11.5 Å². The van der Waals surface area contributed by atoms with Crippen molar-refractivity contribution < 1.29 is 13.2 Å². The van der Waals surface area contributed by atoms with Crippen molar-refractivity contribution in [3.8, 4) is 5.75 Å². The molecular formula is C11H11ClN2O3S. The van der Waals surface area contributed by atoms with Gasteiger partial charge in [0.25, 0.3) is 9.05 Å². The molecule has 0 aliphatic heterocycles. The summed E-state index contributed by atoms with van der Waals surface area (Å²) in [6, 6.07) is 5.91. The van der Waals surface area contributed by atoms with Gasteiger partial charge in [0.15, 0.2) is 0 Å². The van der Waals surface area contributed by atoms with Crippen LogP contribution >= 0.6 is 10.7 Å². The molecule has 0 amide bonds. The first-order valence-corrected chi connectivity index (χ1v) is 7.41. The van der Waals surface area contributed by atoms with Crippen LogP contribution in [0.4, 0.5) is 0 Å². The summed E-state index contributed by atoms with van der Waals surface area (Å²) < 4.78 is 29.4. The maximum Gasteiger partial charge on any atom is 0.261 e. The highest BCUT2D eigenvalue weighted by atomic mass is 35.7. The van der Waals surface area contributed by atoms with Crippen LogP contribution in [0.15, 0.2) is 41.6 Å². The van der Waals surface area contributed by atoms with Crippen LogP contribution in [-0.4, -0.2) is 18.0 Å². The number of benzene rings is 1. The highest BCUT2D eigenvalue weighted by Gasteiger charge is 2.09. The van der Waals surface area contributed by atoms with E-state index in [9.17, 15) is 8.42 Å². The first-order valence-electron chi connectivity index (χ1n) is 5.10. The van der Waals surface area contributed by atoms with Crippen molar-refractivity contribution in [3.05, 3.63) is 42.5 Å². The molecule has 5 nitrogen and oxygen atoms in total. The summed E-state index contributed by atoms with van der Waals surface area (Å²) in [5, 5.41) is 0. The van der Waals surface area contributed by atoms with Crippen LogP contribution in [0.3, 0.4) is 0 Å². The molecule has 0 saturated heterocycles. The van der Waals surface area contributed by atoms with Gasteiger partial charge in [0.2, 0.25) is 0 Å². The molecule has 0 aliphatic rings. The lowest BCUT2D eigenvalue weighted by molar-refractivity contribution is 0.291. The number of hydrogen-bond acceptors (Lipinski definition) is 4. The maximum absolute atomic E-state index is 11.0. The molecule has 1 aromatic heterocycles. The molecule has 0 radical (unpaired) electrons. The molecule has 96 valence electrons. The Kier molecular flexibility index (Phi) is 3.58. The molecule has 2 aromatic rings. The molecule has 0 N–H and O–H groups in total. The summed E-state index contributed by atoms with van der Waals surface area (Å²) in [7, 11) is 3.39. The minimum absolute atomic E-state index is 0.0495. The zero-order valence-corrected chi connectivity index (χ0v) is 11.1. The minimum Gasteiger partial charge on any atom is -0.486 e. The molecule has 0 unspecified atom stereocenters. The molecule has 7 heteroatoms. The molecule has 1 heterocycles. The van der Waals surface area contributed by atoms with Crippen LogP contribution in [0.2, 0.25) is 0 Å². The number of halogens is 1. The molecule has 0 bridgehead atoms. The third kappa shape index (κ3) is 3.02. The molecule has 1 aromatic carbocycles. The van der Waals surface area contributed by atoms with Crippen molar-refractivity contribution in [2.24, 2.45) is 7.05 Å². The topological polar surface area (TPSA) is 61.2 Å². The second kappa shape index (κ2) is 4.99. The average Bonchev–Trinajstić information content (AvgIpc) is 2.72. The average molecular weight is 287 g/mol. The van der Waals surface area contributed by atoms with Gasteiger partial charge in [-0.1, -0.05) is 0 Å². The van der Waals surface area contributed by atoms with Crippen molar-refractivity contribution >= 4 is 19.7 Å². The fraction of sp³-hybridized carbons (Fsp3) is 0.182. The quantitative estimate of drug-likeness (QED) is 0.806. The van der Waals surface area contributed by atoms with Gasteiger partial charge in [0.1, 0.15) is 18.2 Å². The maximum atomic E-state index is 11.0. The SMILES string of the molecule is Cn1ccnc1COc1ccc(S(=O)(=O)Cl)cc1. The van der Waals surface area contributed by atoms with Crippen LogP contribution in [0.5, 0.6) is 5.75 Å². The van der Waals surface area contributed by atoms with E-state index in [4.69, 9.17) is 15.4 Å². The Hall–Kier alpha value is -1.53. The van der Waals surface area contributed by atoms with Crippen LogP contribution in [0.1, 0.15) is 5.82 Å². The van der Waals surface area contributed by atoms with Gasteiger partial charge in [0.05, 0.1) is 4.90 Å². The van der Waals surface area contributed by atoms with E-state index < -0.39 is 9.05 Å². The summed E-state index contributed by atoms with van der Waals surface area (Å²) >= 11 is 0. The van der Waals surface area contributed by atoms with E-state index in [-0.39, 0.29) is 4.90 Å². The number of nitrogens with zero attached hydrogens (tertiary/aromatic N) is 2. The summed E-state index contributed by atoms with van der Waals surface area (Å²) in [6.07, 6.45) is 3.50. The van der Waals surface area contributed by atoms with Crippen molar-refractivity contribution in [1.82, 2.24) is 9.55 Å². The standard InChI is InChI=1S/C11H11ClN2O3S/c1-14-7-6-13-11(14)8-17-9-2-4-10(5-3-9)18(12,15)16/h2-7H,8H2,1H3. The number of rotatable bonds is 4. The Morgan fingerprint density at radius 3 is 2.50 bits per heavy atom. The van der Waals surface area contributed by atoms with E-state index in [1.807, 2.05) is 17.8 Å². The molecular weight excluding hydrogens is 276 g/mol. The van der Waals surface area contributed by atoms with Crippen LogP contribution in [0.25, 0.3) is 0 Å². The van der Waals surface area contributed by atoms with Crippen molar-refractivity contribution in [1.29, 1.82) is 0 Å².